The van der Waals surface area contributed by atoms with Crippen molar-refractivity contribution in [1.29, 1.82) is 0 Å². The molecule has 202 valence electrons. The molecule has 1 heterocycles. The molecule has 4 saturated carbocycles. The van der Waals surface area contributed by atoms with Crippen molar-refractivity contribution in [3.05, 3.63) is 18.2 Å². The van der Waals surface area contributed by atoms with Crippen molar-refractivity contribution < 1.29 is 27.8 Å². The highest BCUT2D eigenvalue weighted by atomic mass is 19.4. The molecular weight excluding hydrogens is 483 g/mol. The molecule has 0 radical (unpaired) electrons. The fraction of sp³-hybridized carbons (Fsp3) is 0.750. The monoisotopic (exact) mass is 519 g/mol. The van der Waals surface area contributed by atoms with Gasteiger partial charge in [-0.2, -0.15) is 0 Å². The van der Waals surface area contributed by atoms with Crippen LogP contribution in [-0.2, 0) is 11.3 Å². The average Bonchev–Trinajstić information content (AvgIpc) is 3.37. The predicted molar refractivity (Wildman–Crippen MR) is 130 cm³/mol. The molecule has 0 bridgehead atoms. The number of carbonyl (C=O) groups is 1. The van der Waals surface area contributed by atoms with Crippen molar-refractivity contribution >= 4 is 16.8 Å². The number of aliphatic hydroxyl groups is 1. The number of hydrogen-bond acceptors (Lipinski definition) is 5. The Labute approximate surface area is 214 Å². The van der Waals surface area contributed by atoms with E-state index in [1.807, 2.05) is 6.92 Å². The van der Waals surface area contributed by atoms with Crippen LogP contribution in [0.1, 0.15) is 71.6 Å². The van der Waals surface area contributed by atoms with Gasteiger partial charge in [0.1, 0.15) is 17.8 Å². The fourth-order valence-corrected chi connectivity index (χ4v) is 9.13. The molecule has 4 aliphatic carbocycles. The van der Waals surface area contributed by atoms with Crippen LogP contribution in [0.5, 0.6) is 5.75 Å². The van der Waals surface area contributed by atoms with Gasteiger partial charge < -0.3 is 9.84 Å². The average molecular weight is 520 g/mol. The minimum Gasteiger partial charge on any atom is -0.406 e. The van der Waals surface area contributed by atoms with E-state index in [0.29, 0.717) is 40.6 Å². The van der Waals surface area contributed by atoms with Crippen LogP contribution in [0.2, 0.25) is 0 Å². The Balaban J connectivity index is 1.18. The SMILES string of the molecule is C[C@@]1(O)CCC2[C@H](CC[C@@H]3[C@@H]2CC[C@]2(C)[C@@H](C(=O)Cn4nnc5ccc(OC(F)(F)F)cc54)CC[C@@H]32)C1. The summed E-state index contributed by atoms with van der Waals surface area (Å²) in [4.78, 5) is 13.7. The number of halogens is 3. The van der Waals surface area contributed by atoms with E-state index in [1.165, 1.54) is 35.7 Å². The third kappa shape index (κ3) is 4.45. The van der Waals surface area contributed by atoms with Crippen LogP contribution in [-0.4, -0.2) is 37.8 Å². The highest BCUT2D eigenvalue weighted by Crippen LogP contribution is 2.64. The van der Waals surface area contributed by atoms with E-state index in [1.54, 1.807) is 0 Å². The number of hydrogen-bond donors (Lipinski definition) is 1. The lowest BCUT2D eigenvalue weighted by Gasteiger charge is -2.56. The number of benzene rings is 1. The van der Waals surface area contributed by atoms with Crippen LogP contribution in [0.15, 0.2) is 18.2 Å². The maximum absolute atomic E-state index is 13.7. The molecule has 1 N–H and O–H groups in total. The zero-order valence-corrected chi connectivity index (χ0v) is 21.5. The number of ketones is 1. The molecule has 4 aliphatic rings. The second kappa shape index (κ2) is 8.68. The summed E-state index contributed by atoms with van der Waals surface area (Å²) in [5.74, 6) is 2.89. The van der Waals surface area contributed by atoms with Crippen LogP contribution in [0.3, 0.4) is 0 Å². The molecule has 8 atom stereocenters. The number of rotatable bonds is 4. The molecule has 1 aromatic heterocycles. The molecule has 0 amide bonds. The Kier molecular flexibility index (Phi) is 5.90. The topological polar surface area (TPSA) is 77.2 Å². The van der Waals surface area contributed by atoms with Crippen molar-refractivity contribution in [2.45, 2.75) is 90.1 Å². The maximum atomic E-state index is 13.7. The molecule has 0 saturated heterocycles. The van der Waals surface area contributed by atoms with Crippen molar-refractivity contribution in [1.82, 2.24) is 15.0 Å². The predicted octanol–water partition coefficient (Wildman–Crippen LogP) is 5.92. The van der Waals surface area contributed by atoms with E-state index in [9.17, 15) is 23.1 Å². The van der Waals surface area contributed by atoms with Crippen LogP contribution < -0.4 is 4.74 Å². The Bertz CT molecular complexity index is 1190. The number of fused-ring (bicyclic) bond motifs is 6. The van der Waals surface area contributed by atoms with Gasteiger partial charge in [0.2, 0.25) is 0 Å². The second-order valence-corrected chi connectivity index (χ2v) is 12.8. The molecule has 1 unspecified atom stereocenters. The van der Waals surface area contributed by atoms with Gasteiger partial charge in [-0.1, -0.05) is 12.1 Å². The van der Waals surface area contributed by atoms with Gasteiger partial charge in [0.15, 0.2) is 5.78 Å². The zero-order chi connectivity index (χ0) is 26.2. The second-order valence-electron chi connectivity index (χ2n) is 12.8. The number of aromatic nitrogens is 3. The van der Waals surface area contributed by atoms with Gasteiger partial charge in [0, 0.05) is 12.0 Å². The summed E-state index contributed by atoms with van der Waals surface area (Å²) in [5, 5.41) is 18.8. The van der Waals surface area contributed by atoms with Gasteiger partial charge >= 0.3 is 6.36 Å². The third-order valence-electron chi connectivity index (χ3n) is 10.7. The lowest BCUT2D eigenvalue weighted by molar-refractivity contribution is -0.274. The van der Waals surface area contributed by atoms with Crippen LogP contribution >= 0.6 is 0 Å². The standard InChI is InChI=1S/C28H36F3N3O3/c1-26(36)11-9-18-16(14-26)3-5-20-19(18)10-12-27(2)21(20)6-7-22(27)25(35)15-34-24-13-17(37-28(29,30)31)4-8-23(24)32-33-34/h4,8,13,16,18-22,36H,3,5-7,9-12,14-15H2,1-2H3/t16-,18?,19-,20-,21+,22-,26-,27+/m1/s1. The number of carbonyl (C=O) groups excluding carboxylic acids is 1. The molecule has 6 nitrogen and oxygen atoms in total. The van der Waals surface area contributed by atoms with Crippen molar-refractivity contribution in [2.24, 2.45) is 40.9 Å². The molecule has 4 fully saturated rings. The highest BCUT2D eigenvalue weighted by molar-refractivity contribution is 5.84. The first-order chi connectivity index (χ1) is 17.4. The molecular formula is C28H36F3N3O3. The summed E-state index contributed by atoms with van der Waals surface area (Å²) in [6.07, 6.45) is 4.62. The van der Waals surface area contributed by atoms with E-state index < -0.39 is 12.0 Å². The summed E-state index contributed by atoms with van der Waals surface area (Å²) in [6, 6.07) is 3.89. The maximum Gasteiger partial charge on any atom is 0.573 e. The van der Waals surface area contributed by atoms with Crippen LogP contribution in [0.25, 0.3) is 11.0 Å². The molecule has 2 aromatic rings. The van der Waals surface area contributed by atoms with Crippen LogP contribution in [0, 0.1) is 40.9 Å². The zero-order valence-electron chi connectivity index (χ0n) is 21.5. The minimum absolute atomic E-state index is 0.00677. The lowest BCUT2D eigenvalue weighted by Crippen LogP contribution is -2.51. The Morgan fingerprint density at radius 3 is 2.65 bits per heavy atom. The van der Waals surface area contributed by atoms with Gasteiger partial charge in [-0.3, -0.25) is 4.79 Å². The first kappa shape index (κ1) is 25.1. The first-order valence-electron chi connectivity index (χ1n) is 13.8. The first-order valence-corrected chi connectivity index (χ1v) is 13.8. The molecule has 1 aromatic carbocycles. The molecule has 0 spiro atoms. The molecule has 0 aliphatic heterocycles. The Hall–Kier alpha value is -2.16. The highest BCUT2D eigenvalue weighted by Gasteiger charge is 2.58. The summed E-state index contributed by atoms with van der Waals surface area (Å²) in [7, 11) is 0. The van der Waals surface area contributed by atoms with E-state index in [0.717, 1.165) is 44.9 Å². The number of nitrogens with zero attached hydrogens (tertiary/aromatic N) is 3. The normalized spacial score (nSPS) is 39.6. The number of Topliss-reactive ketones (excluding diaryl/α,β-unsaturated/α-hetero) is 1. The Morgan fingerprint density at radius 1 is 1.08 bits per heavy atom. The van der Waals surface area contributed by atoms with Gasteiger partial charge in [-0.25, -0.2) is 4.68 Å². The third-order valence-corrected chi connectivity index (χ3v) is 10.7. The summed E-state index contributed by atoms with van der Waals surface area (Å²) in [6.45, 7) is 4.30. The molecule has 37 heavy (non-hydrogen) atoms. The molecule has 9 heteroatoms. The van der Waals surface area contributed by atoms with E-state index >= 15 is 0 Å². The summed E-state index contributed by atoms with van der Waals surface area (Å²) >= 11 is 0. The van der Waals surface area contributed by atoms with Gasteiger partial charge in [0.25, 0.3) is 0 Å². The number of alkyl halides is 3. The van der Waals surface area contributed by atoms with Gasteiger partial charge in [0.05, 0.1) is 11.1 Å². The Morgan fingerprint density at radius 2 is 1.86 bits per heavy atom. The summed E-state index contributed by atoms with van der Waals surface area (Å²) in [5.41, 5.74) is 0.228. The van der Waals surface area contributed by atoms with Gasteiger partial charge in [-0.15, -0.1) is 18.3 Å². The van der Waals surface area contributed by atoms with Crippen LogP contribution in [0.4, 0.5) is 13.2 Å². The van der Waals surface area contributed by atoms with Gasteiger partial charge in [-0.05, 0) is 112 Å². The van der Waals surface area contributed by atoms with Crippen molar-refractivity contribution in [3.8, 4) is 5.75 Å². The summed E-state index contributed by atoms with van der Waals surface area (Å²) < 4.78 is 43.6. The van der Waals surface area contributed by atoms with E-state index in [2.05, 4.69) is 22.0 Å². The van der Waals surface area contributed by atoms with E-state index in [-0.39, 0.29) is 29.4 Å². The minimum atomic E-state index is -4.79. The quantitative estimate of drug-likeness (QED) is 0.543. The molecule has 6 rings (SSSR count). The number of ether oxygens (including phenoxy) is 1. The smallest absolute Gasteiger partial charge is 0.406 e. The van der Waals surface area contributed by atoms with Crippen molar-refractivity contribution in [2.75, 3.05) is 0 Å². The lowest BCUT2D eigenvalue weighted by atomic mass is 9.49. The fourth-order valence-electron chi connectivity index (χ4n) is 9.13. The largest absolute Gasteiger partial charge is 0.573 e. The van der Waals surface area contributed by atoms with E-state index in [4.69, 9.17) is 0 Å². The van der Waals surface area contributed by atoms with Crippen molar-refractivity contribution in [3.63, 3.8) is 0 Å².